The van der Waals surface area contributed by atoms with Gasteiger partial charge in [0.1, 0.15) is 24.5 Å². The molecule has 1 saturated heterocycles. The molecule has 0 unspecified atom stereocenters. The van der Waals surface area contributed by atoms with Crippen LogP contribution in [0.5, 0.6) is 5.75 Å². The molecule has 1 fully saturated rings. The minimum absolute atomic E-state index is 0.239. The smallest absolute Gasteiger partial charge is 0.243 e. The molecule has 0 spiro atoms. The highest BCUT2D eigenvalue weighted by molar-refractivity contribution is 7.89. The Labute approximate surface area is 171 Å². The highest BCUT2D eigenvalue weighted by Crippen LogP contribution is 2.30. The molecule has 3 aromatic rings. The first kappa shape index (κ1) is 19.6. The van der Waals surface area contributed by atoms with Crippen molar-refractivity contribution in [2.75, 3.05) is 13.1 Å². The van der Waals surface area contributed by atoms with Crippen LogP contribution in [0.1, 0.15) is 30.1 Å². The summed E-state index contributed by atoms with van der Waals surface area (Å²) in [5.41, 5.74) is 1.06. The van der Waals surface area contributed by atoms with E-state index in [0.717, 1.165) is 24.2 Å². The quantitative estimate of drug-likeness (QED) is 0.622. The molecule has 4 rings (SSSR count). The second-order valence-electron chi connectivity index (χ2n) is 7.22. The van der Waals surface area contributed by atoms with Crippen molar-refractivity contribution < 1.29 is 13.2 Å². The molecular weight excluding hydrogens is 388 g/mol. The third kappa shape index (κ3) is 4.33. The third-order valence-corrected chi connectivity index (χ3v) is 7.19. The first-order chi connectivity index (χ1) is 14.0. The van der Waals surface area contributed by atoms with Crippen LogP contribution < -0.4 is 4.74 Å². The van der Waals surface area contributed by atoms with Gasteiger partial charge < -0.3 is 9.30 Å². The van der Waals surface area contributed by atoms with Crippen LogP contribution in [-0.4, -0.2) is 40.6 Å². The Morgan fingerprint density at radius 3 is 2.34 bits per heavy atom. The first-order valence-electron chi connectivity index (χ1n) is 9.65. The minimum atomic E-state index is -3.51. The molecule has 7 nitrogen and oxygen atoms in total. The van der Waals surface area contributed by atoms with Gasteiger partial charge in [-0.15, -0.1) is 10.2 Å². The average Bonchev–Trinajstić information content (AvgIpc) is 3.19. The molecule has 0 N–H and O–H groups in total. The monoisotopic (exact) mass is 412 g/mol. The molecule has 1 aliphatic heterocycles. The van der Waals surface area contributed by atoms with Gasteiger partial charge in [0.25, 0.3) is 0 Å². The average molecular weight is 413 g/mol. The van der Waals surface area contributed by atoms with Crippen molar-refractivity contribution in [1.82, 2.24) is 19.1 Å². The second-order valence-corrected chi connectivity index (χ2v) is 9.16. The molecule has 1 aromatic heterocycles. The Morgan fingerprint density at radius 2 is 1.72 bits per heavy atom. The normalized spacial score (nSPS) is 16.0. The lowest BCUT2D eigenvalue weighted by molar-refractivity contribution is 0.305. The van der Waals surface area contributed by atoms with Gasteiger partial charge in [0.15, 0.2) is 0 Å². The lowest BCUT2D eigenvalue weighted by Crippen LogP contribution is -2.38. The van der Waals surface area contributed by atoms with Gasteiger partial charge in [-0.2, -0.15) is 4.31 Å². The van der Waals surface area contributed by atoms with Gasteiger partial charge in [-0.05, 0) is 42.7 Å². The number of rotatable bonds is 6. The molecule has 0 aliphatic carbocycles. The van der Waals surface area contributed by atoms with E-state index >= 15 is 0 Å². The van der Waals surface area contributed by atoms with Crippen LogP contribution in [0.15, 0.2) is 65.8 Å². The van der Waals surface area contributed by atoms with Crippen LogP contribution in [0.3, 0.4) is 0 Å². The van der Waals surface area contributed by atoms with Crippen molar-refractivity contribution >= 4 is 10.0 Å². The van der Waals surface area contributed by atoms with E-state index in [4.69, 9.17) is 4.74 Å². The van der Waals surface area contributed by atoms with Crippen LogP contribution in [-0.2, 0) is 23.7 Å². The van der Waals surface area contributed by atoms with Gasteiger partial charge in [0, 0.05) is 26.1 Å². The number of piperidine rings is 1. The van der Waals surface area contributed by atoms with Crippen molar-refractivity contribution in [2.45, 2.75) is 30.3 Å². The number of hydrogen-bond acceptors (Lipinski definition) is 5. The van der Waals surface area contributed by atoms with Crippen molar-refractivity contribution in [3.05, 3.63) is 72.3 Å². The molecule has 0 amide bonds. The predicted molar refractivity (Wildman–Crippen MR) is 109 cm³/mol. The lowest BCUT2D eigenvalue weighted by atomic mass is 9.97. The maximum Gasteiger partial charge on any atom is 0.243 e. The highest BCUT2D eigenvalue weighted by atomic mass is 32.2. The summed E-state index contributed by atoms with van der Waals surface area (Å²) >= 11 is 0. The number of aryl methyl sites for hydroxylation is 1. The molecule has 2 aromatic carbocycles. The third-order valence-electron chi connectivity index (χ3n) is 5.28. The van der Waals surface area contributed by atoms with E-state index in [1.165, 1.54) is 0 Å². The van der Waals surface area contributed by atoms with E-state index in [9.17, 15) is 8.42 Å². The van der Waals surface area contributed by atoms with Crippen LogP contribution >= 0.6 is 0 Å². The summed E-state index contributed by atoms with van der Waals surface area (Å²) in [5.74, 6) is 1.80. The number of benzene rings is 2. The molecule has 0 atom stereocenters. The Morgan fingerprint density at radius 1 is 1.03 bits per heavy atom. The van der Waals surface area contributed by atoms with E-state index in [0.29, 0.717) is 30.3 Å². The predicted octanol–water partition coefficient (Wildman–Crippen LogP) is 2.96. The van der Waals surface area contributed by atoms with Crippen LogP contribution in [0, 0.1) is 0 Å². The fraction of sp³-hybridized carbons (Fsp3) is 0.333. The molecule has 0 radical (unpaired) electrons. The van der Waals surface area contributed by atoms with Crippen molar-refractivity contribution in [2.24, 2.45) is 7.05 Å². The van der Waals surface area contributed by atoms with Crippen molar-refractivity contribution in [3.63, 3.8) is 0 Å². The first-order valence-corrected chi connectivity index (χ1v) is 11.1. The van der Waals surface area contributed by atoms with Gasteiger partial charge in [0.2, 0.25) is 10.0 Å². The number of ether oxygens (including phenoxy) is 1. The summed E-state index contributed by atoms with van der Waals surface area (Å²) in [7, 11) is -1.60. The largest absolute Gasteiger partial charge is 0.489 e. The SMILES string of the molecule is Cn1cnnc1C1CCN(S(=O)(=O)c2ccc(OCc3ccccc3)cc2)CC1. The summed E-state index contributed by atoms with van der Waals surface area (Å²) in [4.78, 5) is 0.293. The number of nitrogens with zero attached hydrogens (tertiary/aromatic N) is 4. The highest BCUT2D eigenvalue weighted by Gasteiger charge is 2.31. The van der Waals surface area contributed by atoms with Crippen molar-refractivity contribution in [1.29, 1.82) is 0 Å². The lowest BCUT2D eigenvalue weighted by Gasteiger charge is -2.30. The number of hydrogen-bond donors (Lipinski definition) is 0. The topological polar surface area (TPSA) is 77.3 Å². The zero-order valence-electron chi connectivity index (χ0n) is 16.3. The standard InChI is InChI=1S/C21H24N4O3S/c1-24-16-22-23-21(24)18-11-13-25(14-12-18)29(26,27)20-9-7-19(8-10-20)28-15-17-5-3-2-4-6-17/h2-10,16,18H,11-15H2,1H3. The van der Waals surface area contributed by atoms with E-state index in [1.807, 2.05) is 41.9 Å². The Balaban J connectivity index is 1.38. The Bertz CT molecular complexity index is 1040. The summed E-state index contributed by atoms with van der Waals surface area (Å²) in [6.45, 7) is 1.40. The molecule has 8 heteroatoms. The van der Waals surface area contributed by atoms with Gasteiger partial charge in [-0.1, -0.05) is 30.3 Å². The van der Waals surface area contributed by atoms with E-state index < -0.39 is 10.0 Å². The van der Waals surface area contributed by atoms with Gasteiger partial charge in [-0.3, -0.25) is 0 Å². The minimum Gasteiger partial charge on any atom is -0.489 e. The van der Waals surface area contributed by atoms with Crippen LogP contribution in [0.4, 0.5) is 0 Å². The number of aromatic nitrogens is 3. The molecule has 0 saturated carbocycles. The molecule has 152 valence electrons. The van der Waals surface area contributed by atoms with Gasteiger partial charge >= 0.3 is 0 Å². The van der Waals surface area contributed by atoms with E-state index in [1.54, 1.807) is 34.9 Å². The van der Waals surface area contributed by atoms with Crippen LogP contribution in [0.2, 0.25) is 0 Å². The molecule has 0 bridgehead atoms. The van der Waals surface area contributed by atoms with E-state index in [2.05, 4.69) is 10.2 Å². The molecule has 29 heavy (non-hydrogen) atoms. The zero-order valence-corrected chi connectivity index (χ0v) is 17.1. The summed E-state index contributed by atoms with van der Waals surface area (Å²) in [6.07, 6.45) is 3.16. The fourth-order valence-electron chi connectivity index (χ4n) is 3.61. The fourth-order valence-corrected chi connectivity index (χ4v) is 5.08. The molecule has 2 heterocycles. The number of sulfonamides is 1. The summed E-state index contributed by atoms with van der Waals surface area (Å²) in [5, 5.41) is 8.09. The molecular formula is C21H24N4O3S. The maximum absolute atomic E-state index is 13.0. The maximum atomic E-state index is 13.0. The van der Waals surface area contributed by atoms with Gasteiger partial charge in [-0.25, -0.2) is 8.42 Å². The summed E-state index contributed by atoms with van der Waals surface area (Å²) in [6, 6.07) is 16.5. The molecule has 1 aliphatic rings. The Kier molecular flexibility index (Phi) is 5.64. The zero-order chi connectivity index (χ0) is 20.3. The van der Waals surface area contributed by atoms with E-state index in [-0.39, 0.29) is 5.92 Å². The summed E-state index contributed by atoms with van der Waals surface area (Å²) < 4.78 is 35.2. The van der Waals surface area contributed by atoms with Crippen LogP contribution in [0.25, 0.3) is 0 Å². The Hall–Kier alpha value is -2.71. The second kappa shape index (κ2) is 8.34. The van der Waals surface area contributed by atoms with Crippen molar-refractivity contribution in [3.8, 4) is 5.75 Å². The van der Waals surface area contributed by atoms with Gasteiger partial charge in [0.05, 0.1) is 4.90 Å².